The number of nitrogens with two attached hydrogens (primary N) is 1. The maximum atomic E-state index is 6.01. The molecular weight excluding hydrogens is 252 g/mol. The van der Waals surface area contributed by atoms with Crippen LogP contribution in [0, 0.1) is 0 Å². The molecule has 0 atom stereocenters. The molecule has 1 aromatic carbocycles. The van der Waals surface area contributed by atoms with Crippen molar-refractivity contribution in [2.24, 2.45) is 0 Å². The van der Waals surface area contributed by atoms with Gasteiger partial charge in [0.1, 0.15) is 0 Å². The molecule has 2 nitrogen and oxygen atoms in total. The van der Waals surface area contributed by atoms with Gasteiger partial charge in [-0.05, 0) is 31.0 Å². The highest BCUT2D eigenvalue weighted by Crippen LogP contribution is 2.26. The predicted octanol–water partition coefficient (Wildman–Crippen LogP) is 3.66. The average Bonchev–Trinajstić information content (AvgIpc) is 2.17. The van der Waals surface area contributed by atoms with E-state index in [-0.39, 0.29) is 0 Å². The van der Waals surface area contributed by atoms with Crippen LogP contribution >= 0.6 is 15.9 Å². The van der Waals surface area contributed by atoms with Crippen LogP contribution in [0.25, 0.3) is 0 Å². The fraction of sp³-hybridized carbons (Fsp3) is 0.500. The highest BCUT2D eigenvalue weighted by atomic mass is 79.9. The number of halogens is 1. The van der Waals surface area contributed by atoms with Crippen molar-refractivity contribution in [1.29, 1.82) is 0 Å². The second kappa shape index (κ2) is 6.01. The Labute approximate surface area is 101 Å². The summed E-state index contributed by atoms with van der Waals surface area (Å²) in [5.74, 6) is 0. The third kappa shape index (κ3) is 3.42. The maximum absolute atomic E-state index is 6.01. The quantitative estimate of drug-likeness (QED) is 0.828. The summed E-state index contributed by atoms with van der Waals surface area (Å²) in [6.07, 6.45) is 2.30. The Balaban J connectivity index is 2.89. The zero-order valence-electron chi connectivity index (χ0n) is 9.46. The molecule has 0 amide bonds. The molecule has 0 spiro atoms. The lowest BCUT2D eigenvalue weighted by Crippen LogP contribution is -2.25. The van der Waals surface area contributed by atoms with Gasteiger partial charge in [-0.1, -0.05) is 29.8 Å². The minimum atomic E-state index is 0.853. The van der Waals surface area contributed by atoms with E-state index in [1.54, 1.807) is 0 Å². The van der Waals surface area contributed by atoms with Crippen LogP contribution in [0.15, 0.2) is 22.7 Å². The first kappa shape index (κ1) is 12.4. The number of hydrogen-bond acceptors (Lipinski definition) is 2. The minimum absolute atomic E-state index is 0.853. The summed E-state index contributed by atoms with van der Waals surface area (Å²) < 4.78 is 1.04. The molecule has 0 fully saturated rings. The summed E-state index contributed by atoms with van der Waals surface area (Å²) in [6.45, 7) is 6.52. The second-order valence-corrected chi connectivity index (χ2v) is 4.61. The highest BCUT2D eigenvalue weighted by Gasteiger charge is 2.07. The number of nitrogen functional groups attached to an aromatic ring is 1. The molecule has 3 heteroatoms. The van der Waals surface area contributed by atoms with Crippen molar-refractivity contribution in [1.82, 2.24) is 0 Å². The molecule has 2 N–H and O–H groups in total. The van der Waals surface area contributed by atoms with E-state index in [0.29, 0.717) is 0 Å². The Hall–Kier alpha value is -0.700. The lowest BCUT2D eigenvalue weighted by Gasteiger charge is -2.25. The van der Waals surface area contributed by atoms with E-state index in [9.17, 15) is 0 Å². The second-order valence-electron chi connectivity index (χ2n) is 3.69. The Morgan fingerprint density at radius 3 is 2.27 bits per heavy atom. The SMILES string of the molecule is CCCN(CCC)c1ccc(Br)cc1N. The molecule has 0 saturated carbocycles. The molecule has 0 aliphatic heterocycles. The summed E-state index contributed by atoms with van der Waals surface area (Å²) in [4.78, 5) is 2.35. The molecule has 0 radical (unpaired) electrons. The van der Waals surface area contributed by atoms with Crippen molar-refractivity contribution in [2.75, 3.05) is 23.7 Å². The highest BCUT2D eigenvalue weighted by molar-refractivity contribution is 9.10. The van der Waals surface area contributed by atoms with Crippen LogP contribution in [-0.2, 0) is 0 Å². The standard InChI is InChI=1S/C12H19BrN2/c1-3-7-15(8-4-2)12-6-5-10(13)9-11(12)14/h5-6,9H,3-4,7-8,14H2,1-2H3. The van der Waals surface area contributed by atoms with Gasteiger partial charge < -0.3 is 10.6 Å². The molecule has 84 valence electrons. The van der Waals surface area contributed by atoms with Crippen molar-refractivity contribution in [2.45, 2.75) is 26.7 Å². The molecule has 0 heterocycles. The Morgan fingerprint density at radius 2 is 1.80 bits per heavy atom. The van der Waals surface area contributed by atoms with Gasteiger partial charge in [-0.2, -0.15) is 0 Å². The fourth-order valence-corrected chi connectivity index (χ4v) is 2.08. The average molecular weight is 271 g/mol. The molecule has 0 aromatic heterocycles. The number of hydrogen-bond donors (Lipinski definition) is 1. The van der Waals surface area contributed by atoms with Gasteiger partial charge in [-0.15, -0.1) is 0 Å². The normalized spacial score (nSPS) is 10.3. The molecule has 15 heavy (non-hydrogen) atoms. The van der Waals surface area contributed by atoms with Gasteiger partial charge in [0.15, 0.2) is 0 Å². The third-order valence-electron chi connectivity index (χ3n) is 2.32. The van der Waals surface area contributed by atoms with E-state index in [0.717, 1.165) is 41.8 Å². The summed E-state index contributed by atoms with van der Waals surface area (Å²) in [7, 11) is 0. The van der Waals surface area contributed by atoms with Gasteiger partial charge in [0.2, 0.25) is 0 Å². The van der Waals surface area contributed by atoms with Gasteiger partial charge in [-0.25, -0.2) is 0 Å². The molecule has 0 unspecified atom stereocenters. The molecule has 0 aliphatic carbocycles. The van der Waals surface area contributed by atoms with Crippen molar-refractivity contribution >= 4 is 27.3 Å². The van der Waals surface area contributed by atoms with E-state index in [1.165, 1.54) is 0 Å². The number of anilines is 2. The molecule has 0 bridgehead atoms. The lowest BCUT2D eigenvalue weighted by atomic mass is 10.2. The van der Waals surface area contributed by atoms with Gasteiger partial charge in [0, 0.05) is 17.6 Å². The van der Waals surface area contributed by atoms with E-state index in [1.807, 2.05) is 12.1 Å². The summed E-state index contributed by atoms with van der Waals surface area (Å²) in [5, 5.41) is 0. The van der Waals surface area contributed by atoms with Gasteiger partial charge in [-0.3, -0.25) is 0 Å². The van der Waals surface area contributed by atoms with Crippen LogP contribution in [0.5, 0.6) is 0 Å². The van der Waals surface area contributed by atoms with E-state index in [4.69, 9.17) is 5.73 Å². The summed E-state index contributed by atoms with van der Waals surface area (Å²) >= 11 is 3.42. The van der Waals surface area contributed by atoms with Crippen LogP contribution in [0.3, 0.4) is 0 Å². The van der Waals surface area contributed by atoms with Gasteiger partial charge >= 0.3 is 0 Å². The zero-order valence-corrected chi connectivity index (χ0v) is 11.0. The molecule has 0 saturated heterocycles. The molecule has 1 rings (SSSR count). The summed E-state index contributed by atoms with van der Waals surface area (Å²) in [5.41, 5.74) is 8.02. The zero-order chi connectivity index (χ0) is 11.3. The number of benzene rings is 1. The van der Waals surface area contributed by atoms with E-state index < -0.39 is 0 Å². The monoisotopic (exact) mass is 270 g/mol. The van der Waals surface area contributed by atoms with E-state index >= 15 is 0 Å². The van der Waals surface area contributed by atoms with Crippen molar-refractivity contribution < 1.29 is 0 Å². The smallest absolute Gasteiger partial charge is 0.0600 e. The van der Waals surface area contributed by atoms with Crippen molar-refractivity contribution in [3.05, 3.63) is 22.7 Å². The lowest BCUT2D eigenvalue weighted by molar-refractivity contribution is 0.746. The Morgan fingerprint density at radius 1 is 1.20 bits per heavy atom. The fourth-order valence-electron chi connectivity index (χ4n) is 1.71. The number of nitrogens with zero attached hydrogens (tertiary/aromatic N) is 1. The van der Waals surface area contributed by atoms with Gasteiger partial charge in [0.05, 0.1) is 11.4 Å². The van der Waals surface area contributed by atoms with Crippen LogP contribution in [0.1, 0.15) is 26.7 Å². The van der Waals surface area contributed by atoms with Crippen LogP contribution in [0.4, 0.5) is 11.4 Å². The van der Waals surface area contributed by atoms with Crippen LogP contribution in [-0.4, -0.2) is 13.1 Å². The molecule has 0 aliphatic rings. The van der Waals surface area contributed by atoms with Crippen LogP contribution < -0.4 is 10.6 Å². The predicted molar refractivity (Wildman–Crippen MR) is 71.3 cm³/mol. The van der Waals surface area contributed by atoms with Crippen molar-refractivity contribution in [3.63, 3.8) is 0 Å². The van der Waals surface area contributed by atoms with E-state index in [2.05, 4.69) is 40.7 Å². The maximum Gasteiger partial charge on any atom is 0.0600 e. The third-order valence-corrected chi connectivity index (χ3v) is 2.81. The molecular formula is C12H19BrN2. The van der Waals surface area contributed by atoms with Gasteiger partial charge in [0.25, 0.3) is 0 Å². The Bertz CT molecular complexity index is 306. The van der Waals surface area contributed by atoms with Crippen LogP contribution in [0.2, 0.25) is 0 Å². The summed E-state index contributed by atoms with van der Waals surface area (Å²) in [6, 6.07) is 6.10. The first-order chi connectivity index (χ1) is 7.19. The largest absolute Gasteiger partial charge is 0.397 e. The topological polar surface area (TPSA) is 29.3 Å². The number of rotatable bonds is 5. The minimum Gasteiger partial charge on any atom is -0.397 e. The Kier molecular flexibility index (Phi) is 4.95. The molecule has 1 aromatic rings. The first-order valence-electron chi connectivity index (χ1n) is 5.49. The first-order valence-corrected chi connectivity index (χ1v) is 6.28. The van der Waals surface area contributed by atoms with Crippen molar-refractivity contribution in [3.8, 4) is 0 Å².